The molecule has 1 aromatic heterocycles. The summed E-state index contributed by atoms with van der Waals surface area (Å²) in [6, 6.07) is 16.2. The Morgan fingerprint density at radius 2 is 1.75 bits per heavy atom. The third kappa shape index (κ3) is 4.66. The number of carbonyl (C=O) groups is 2. The lowest BCUT2D eigenvalue weighted by Gasteiger charge is -2.13. The number of amides is 2. The Labute approximate surface area is 163 Å². The molecule has 28 heavy (non-hydrogen) atoms. The fourth-order valence-electron chi connectivity index (χ4n) is 2.71. The highest BCUT2D eigenvalue weighted by atomic mass is 16.3. The van der Waals surface area contributed by atoms with Gasteiger partial charge < -0.3 is 20.2 Å². The lowest BCUT2D eigenvalue weighted by Crippen LogP contribution is -2.37. The van der Waals surface area contributed by atoms with Gasteiger partial charge in [0, 0.05) is 17.8 Å². The molecule has 3 rings (SSSR count). The number of nitrogens with one attached hydrogen (secondary N) is 2. The molecule has 2 amide bonds. The van der Waals surface area contributed by atoms with Crippen molar-refractivity contribution >= 4 is 17.5 Å². The Morgan fingerprint density at radius 3 is 2.39 bits per heavy atom. The van der Waals surface area contributed by atoms with E-state index in [0.717, 1.165) is 22.5 Å². The molecule has 0 radical (unpaired) electrons. The van der Waals surface area contributed by atoms with Crippen LogP contribution in [0, 0.1) is 13.8 Å². The summed E-state index contributed by atoms with van der Waals surface area (Å²) in [5.41, 5.74) is 4.19. The van der Waals surface area contributed by atoms with Gasteiger partial charge in [0.1, 0.15) is 5.76 Å². The van der Waals surface area contributed by atoms with E-state index in [2.05, 4.69) is 10.6 Å². The molecular weight excluding hydrogens is 356 g/mol. The third-order valence-corrected chi connectivity index (χ3v) is 4.53. The second kappa shape index (κ2) is 8.54. The van der Waals surface area contributed by atoms with Crippen LogP contribution in [0.1, 0.15) is 22.8 Å². The molecule has 0 spiro atoms. The van der Waals surface area contributed by atoms with Crippen molar-refractivity contribution in [3.8, 4) is 11.3 Å². The van der Waals surface area contributed by atoms with Gasteiger partial charge in [-0.3, -0.25) is 9.59 Å². The molecule has 0 saturated heterocycles. The van der Waals surface area contributed by atoms with Crippen molar-refractivity contribution < 1.29 is 19.1 Å². The van der Waals surface area contributed by atoms with E-state index in [0.29, 0.717) is 11.3 Å². The predicted molar refractivity (Wildman–Crippen MR) is 107 cm³/mol. The van der Waals surface area contributed by atoms with Gasteiger partial charge in [0.2, 0.25) is 0 Å². The van der Waals surface area contributed by atoms with Gasteiger partial charge in [-0.25, -0.2) is 0 Å². The van der Waals surface area contributed by atoms with E-state index in [4.69, 9.17) is 4.42 Å². The van der Waals surface area contributed by atoms with Crippen LogP contribution in [0.2, 0.25) is 0 Å². The Bertz CT molecular complexity index is 963. The highest BCUT2D eigenvalue weighted by molar-refractivity contribution is 6.39. The van der Waals surface area contributed by atoms with Crippen LogP contribution >= 0.6 is 0 Å². The van der Waals surface area contributed by atoms with Crippen LogP contribution < -0.4 is 10.6 Å². The van der Waals surface area contributed by atoms with E-state index in [1.807, 2.05) is 38.1 Å². The molecule has 2 aromatic carbocycles. The van der Waals surface area contributed by atoms with Crippen LogP contribution in [0.15, 0.2) is 65.3 Å². The summed E-state index contributed by atoms with van der Waals surface area (Å²) in [4.78, 5) is 24.0. The minimum atomic E-state index is -0.927. The van der Waals surface area contributed by atoms with E-state index >= 15 is 0 Å². The van der Waals surface area contributed by atoms with Crippen molar-refractivity contribution in [1.29, 1.82) is 0 Å². The Morgan fingerprint density at radius 1 is 1.00 bits per heavy atom. The van der Waals surface area contributed by atoms with Gasteiger partial charge in [-0.15, -0.1) is 0 Å². The second-order valence-electron chi connectivity index (χ2n) is 6.58. The van der Waals surface area contributed by atoms with Gasteiger partial charge in [-0.05, 0) is 54.8 Å². The lowest BCUT2D eigenvalue weighted by atomic mass is 10.1. The molecule has 6 nitrogen and oxygen atoms in total. The summed E-state index contributed by atoms with van der Waals surface area (Å²) >= 11 is 0. The molecule has 6 heteroatoms. The van der Waals surface area contributed by atoms with Crippen LogP contribution in [0.4, 0.5) is 5.69 Å². The van der Waals surface area contributed by atoms with Crippen LogP contribution in [0.5, 0.6) is 0 Å². The van der Waals surface area contributed by atoms with Crippen molar-refractivity contribution in [2.75, 3.05) is 11.9 Å². The third-order valence-electron chi connectivity index (χ3n) is 4.53. The molecule has 0 fully saturated rings. The first-order valence-corrected chi connectivity index (χ1v) is 8.92. The molecule has 0 aliphatic heterocycles. The Balaban J connectivity index is 1.53. The van der Waals surface area contributed by atoms with Gasteiger partial charge in [0.05, 0.1) is 12.4 Å². The van der Waals surface area contributed by atoms with Crippen LogP contribution in [-0.2, 0) is 9.59 Å². The SMILES string of the molecule is Cc1ccc(NC(=O)C(=O)NC[C@H](O)c2ccc(-c3ccco3)cc2)cc1C. The minimum absolute atomic E-state index is 0.0702. The Hall–Kier alpha value is -3.38. The van der Waals surface area contributed by atoms with Crippen molar-refractivity contribution in [3.05, 3.63) is 77.6 Å². The molecule has 0 aliphatic rings. The molecular formula is C22H22N2O4. The number of benzene rings is 2. The highest BCUT2D eigenvalue weighted by Crippen LogP contribution is 2.22. The molecule has 3 N–H and O–H groups in total. The van der Waals surface area contributed by atoms with Crippen LogP contribution in [0.25, 0.3) is 11.3 Å². The fourth-order valence-corrected chi connectivity index (χ4v) is 2.71. The number of aliphatic hydroxyl groups excluding tert-OH is 1. The molecule has 144 valence electrons. The summed E-state index contributed by atoms with van der Waals surface area (Å²) in [6.45, 7) is 3.83. The summed E-state index contributed by atoms with van der Waals surface area (Å²) < 4.78 is 5.32. The quantitative estimate of drug-likeness (QED) is 0.594. The average Bonchev–Trinajstić information content (AvgIpc) is 3.23. The minimum Gasteiger partial charge on any atom is -0.464 e. The first kappa shape index (κ1) is 19.4. The maximum atomic E-state index is 12.0. The van der Waals surface area contributed by atoms with E-state index in [1.54, 1.807) is 36.6 Å². The van der Waals surface area contributed by atoms with Gasteiger partial charge >= 0.3 is 11.8 Å². The molecule has 0 saturated carbocycles. The van der Waals surface area contributed by atoms with E-state index < -0.39 is 17.9 Å². The van der Waals surface area contributed by atoms with E-state index in [-0.39, 0.29) is 6.54 Å². The molecule has 0 bridgehead atoms. The first-order chi connectivity index (χ1) is 13.4. The first-order valence-electron chi connectivity index (χ1n) is 8.92. The molecule has 0 unspecified atom stereocenters. The summed E-state index contributed by atoms with van der Waals surface area (Å²) in [7, 11) is 0. The molecule has 1 atom stereocenters. The average molecular weight is 378 g/mol. The van der Waals surface area contributed by atoms with Crippen molar-refractivity contribution in [3.63, 3.8) is 0 Å². The highest BCUT2D eigenvalue weighted by Gasteiger charge is 2.16. The maximum absolute atomic E-state index is 12.0. The van der Waals surface area contributed by atoms with E-state index in [1.165, 1.54) is 0 Å². The zero-order valence-corrected chi connectivity index (χ0v) is 15.7. The maximum Gasteiger partial charge on any atom is 0.313 e. The Kier molecular flexibility index (Phi) is 5.91. The molecule has 3 aromatic rings. The standard InChI is InChI=1S/C22H22N2O4/c1-14-5-10-18(12-15(14)2)24-22(27)21(26)23-13-19(25)16-6-8-17(9-7-16)20-4-3-11-28-20/h3-12,19,25H,13H2,1-2H3,(H,23,26)(H,24,27)/t19-/m0/s1. The van der Waals surface area contributed by atoms with Crippen LogP contribution in [-0.4, -0.2) is 23.5 Å². The fraction of sp³-hybridized carbons (Fsp3) is 0.182. The van der Waals surface area contributed by atoms with E-state index in [9.17, 15) is 14.7 Å². The normalized spacial score (nSPS) is 11.7. The van der Waals surface area contributed by atoms with Gasteiger partial charge in [-0.2, -0.15) is 0 Å². The van der Waals surface area contributed by atoms with Crippen LogP contribution in [0.3, 0.4) is 0 Å². The molecule has 1 heterocycles. The topological polar surface area (TPSA) is 91.6 Å². The summed E-state index contributed by atoms with van der Waals surface area (Å²) in [5, 5.41) is 15.3. The number of hydrogen-bond acceptors (Lipinski definition) is 4. The van der Waals surface area contributed by atoms with Crippen molar-refractivity contribution in [2.24, 2.45) is 0 Å². The number of aryl methyl sites for hydroxylation is 2. The number of furan rings is 1. The largest absolute Gasteiger partial charge is 0.464 e. The van der Waals surface area contributed by atoms with Gasteiger partial charge in [0.15, 0.2) is 0 Å². The number of rotatable bonds is 5. The zero-order valence-electron chi connectivity index (χ0n) is 15.7. The summed E-state index contributed by atoms with van der Waals surface area (Å²) in [6.07, 6.45) is 0.667. The smallest absolute Gasteiger partial charge is 0.313 e. The number of aliphatic hydroxyl groups is 1. The lowest BCUT2D eigenvalue weighted by molar-refractivity contribution is -0.136. The van der Waals surface area contributed by atoms with Gasteiger partial charge in [0.25, 0.3) is 0 Å². The van der Waals surface area contributed by atoms with Crippen molar-refractivity contribution in [1.82, 2.24) is 5.32 Å². The summed E-state index contributed by atoms with van der Waals surface area (Å²) in [5.74, 6) is -0.842. The number of anilines is 1. The van der Waals surface area contributed by atoms with Crippen molar-refractivity contribution in [2.45, 2.75) is 20.0 Å². The van der Waals surface area contributed by atoms with Gasteiger partial charge in [-0.1, -0.05) is 30.3 Å². The monoisotopic (exact) mass is 378 g/mol. The zero-order chi connectivity index (χ0) is 20.1. The second-order valence-corrected chi connectivity index (χ2v) is 6.58. The number of carbonyl (C=O) groups excluding carboxylic acids is 2. The number of hydrogen-bond donors (Lipinski definition) is 3. The molecule has 0 aliphatic carbocycles. The predicted octanol–water partition coefficient (Wildman–Crippen LogP) is 3.35.